The van der Waals surface area contributed by atoms with Crippen LogP contribution < -0.4 is 20.5 Å². The number of ether oxygens (including phenoxy) is 1. The summed E-state index contributed by atoms with van der Waals surface area (Å²) >= 11 is 1.41. The quantitative estimate of drug-likeness (QED) is 0.306. The zero-order valence-corrected chi connectivity index (χ0v) is 23.7. The minimum absolute atomic E-state index is 0.0175. The van der Waals surface area contributed by atoms with E-state index in [2.05, 4.69) is 28.3 Å². The highest BCUT2D eigenvalue weighted by atomic mass is 32.1. The molecule has 0 radical (unpaired) electrons. The van der Waals surface area contributed by atoms with Crippen LogP contribution in [0.4, 0.5) is 17.5 Å². The van der Waals surface area contributed by atoms with Gasteiger partial charge in [-0.15, -0.1) is 11.3 Å². The van der Waals surface area contributed by atoms with Gasteiger partial charge in [-0.05, 0) is 24.6 Å². The number of thiophene rings is 1. The number of hydrogen-bond acceptors (Lipinski definition) is 9. The molecule has 0 aliphatic carbocycles. The second-order valence-corrected chi connectivity index (χ2v) is 11.5. The summed E-state index contributed by atoms with van der Waals surface area (Å²) in [5.41, 5.74) is 5.65. The number of benzene rings is 1. The lowest BCUT2D eigenvalue weighted by Crippen LogP contribution is -3.08. The summed E-state index contributed by atoms with van der Waals surface area (Å²) in [5, 5.41) is 10.0. The Bertz CT molecular complexity index is 1730. The Balaban J connectivity index is 1.09. The highest BCUT2D eigenvalue weighted by Crippen LogP contribution is 2.35. The number of rotatable bonds is 7. The lowest BCUT2D eigenvalue weighted by Gasteiger charge is -2.27. The molecule has 0 saturated carbocycles. The lowest BCUT2D eigenvalue weighted by molar-refractivity contribution is -0.901. The summed E-state index contributed by atoms with van der Waals surface area (Å²) in [5.74, 6) is 1.82. The molecule has 2 N–H and O–H groups in total. The number of likely N-dealkylation sites (tertiary alicyclic amines) is 1. The molecule has 0 atom stereocenters. The van der Waals surface area contributed by atoms with Crippen LogP contribution in [-0.4, -0.2) is 59.1 Å². The van der Waals surface area contributed by atoms with Gasteiger partial charge in [0.15, 0.2) is 17.3 Å². The number of aromatic nitrogens is 4. The first kappa shape index (κ1) is 25.9. The van der Waals surface area contributed by atoms with Crippen molar-refractivity contribution in [3.63, 3.8) is 0 Å². The van der Waals surface area contributed by atoms with E-state index in [1.807, 2.05) is 40.4 Å². The Morgan fingerprint density at radius 2 is 1.90 bits per heavy atom. The summed E-state index contributed by atoms with van der Waals surface area (Å²) in [6.07, 6.45) is 6.45. The number of nitrogens with zero attached hydrogens (tertiary/aromatic N) is 5. The number of fused-ring (bicyclic) bond motifs is 1. The molecule has 10 nitrogen and oxygen atoms in total. The van der Waals surface area contributed by atoms with Crippen molar-refractivity contribution < 1.29 is 14.1 Å². The molecular formula is C30H32N7O3S+. The molecule has 4 aromatic heterocycles. The average Bonchev–Trinajstić information content (AvgIpc) is 3.75. The summed E-state index contributed by atoms with van der Waals surface area (Å²) in [6, 6.07) is 11.4. The number of aryl methyl sites for hydroxylation is 1. The maximum atomic E-state index is 12.8. The predicted octanol–water partition coefficient (Wildman–Crippen LogP) is 3.56. The van der Waals surface area contributed by atoms with Gasteiger partial charge in [0.2, 0.25) is 11.4 Å². The zero-order chi connectivity index (χ0) is 27.8. The highest BCUT2D eigenvalue weighted by Gasteiger charge is 2.20. The average molecular weight is 571 g/mol. The molecule has 210 valence electrons. The van der Waals surface area contributed by atoms with Crippen molar-refractivity contribution >= 4 is 39.1 Å². The molecule has 1 aromatic carbocycles. The third-order valence-corrected chi connectivity index (χ3v) is 8.81. The molecule has 41 heavy (non-hydrogen) atoms. The van der Waals surface area contributed by atoms with Crippen molar-refractivity contribution in [3.8, 4) is 16.9 Å². The molecule has 2 aliphatic heterocycles. The number of anilines is 3. The van der Waals surface area contributed by atoms with Crippen molar-refractivity contribution in [2.75, 3.05) is 49.6 Å². The van der Waals surface area contributed by atoms with Crippen LogP contribution in [0.1, 0.15) is 24.1 Å². The van der Waals surface area contributed by atoms with Gasteiger partial charge in [-0.25, -0.2) is 9.67 Å². The fourth-order valence-corrected chi connectivity index (χ4v) is 6.49. The molecule has 0 amide bonds. The lowest BCUT2D eigenvalue weighted by atomic mass is 10.1. The fourth-order valence-electron chi connectivity index (χ4n) is 5.58. The summed E-state index contributed by atoms with van der Waals surface area (Å²) in [6.45, 7) is 8.20. The van der Waals surface area contributed by atoms with Crippen LogP contribution in [0.3, 0.4) is 0 Å². The first-order valence-corrected chi connectivity index (χ1v) is 15.0. The second kappa shape index (κ2) is 11.1. The Hall–Kier alpha value is -4.06. The molecule has 0 bridgehead atoms. The van der Waals surface area contributed by atoms with E-state index in [1.165, 1.54) is 42.8 Å². The molecule has 7 rings (SSSR count). The first-order valence-electron chi connectivity index (χ1n) is 14.1. The monoisotopic (exact) mass is 570 g/mol. The molecular weight excluding hydrogens is 538 g/mol. The summed E-state index contributed by atoms with van der Waals surface area (Å²) in [7, 11) is 0. The number of hydrogen-bond donors (Lipinski definition) is 2. The fraction of sp³-hybridized carbons (Fsp3) is 0.333. The van der Waals surface area contributed by atoms with E-state index in [0.29, 0.717) is 48.4 Å². The van der Waals surface area contributed by atoms with Crippen LogP contribution in [0.25, 0.3) is 27.2 Å². The molecule has 2 fully saturated rings. The van der Waals surface area contributed by atoms with Gasteiger partial charge in [0, 0.05) is 72.7 Å². The van der Waals surface area contributed by atoms with Gasteiger partial charge in [0.05, 0.1) is 32.0 Å². The Morgan fingerprint density at radius 1 is 1.10 bits per heavy atom. The van der Waals surface area contributed by atoms with Crippen molar-refractivity contribution in [1.29, 1.82) is 0 Å². The topological polar surface area (TPSA) is 103 Å². The molecule has 11 heteroatoms. The first-order chi connectivity index (χ1) is 20.1. The molecule has 5 aromatic rings. The van der Waals surface area contributed by atoms with Crippen molar-refractivity contribution in [3.05, 3.63) is 75.7 Å². The van der Waals surface area contributed by atoms with Crippen molar-refractivity contribution in [2.45, 2.75) is 26.3 Å². The SMILES string of the molecule is Cc1nn(-c2ccnc(Nc3ccc(-c4csc5c(=O)cc(N6CCOCC6)oc45)cc3)n2)cc1C[NH+]1CCCC1. The van der Waals surface area contributed by atoms with Crippen LogP contribution in [0.2, 0.25) is 0 Å². The minimum atomic E-state index is -0.0175. The third kappa shape index (κ3) is 5.35. The molecule has 2 saturated heterocycles. The largest absolute Gasteiger partial charge is 0.439 e. The molecule has 0 spiro atoms. The van der Waals surface area contributed by atoms with E-state index in [4.69, 9.17) is 19.2 Å². The van der Waals surface area contributed by atoms with E-state index < -0.39 is 0 Å². The summed E-state index contributed by atoms with van der Waals surface area (Å²) in [4.78, 5) is 25.6. The van der Waals surface area contributed by atoms with Gasteiger partial charge in [-0.2, -0.15) is 10.1 Å². The third-order valence-electron chi connectivity index (χ3n) is 7.83. The number of morpholine rings is 1. The summed E-state index contributed by atoms with van der Waals surface area (Å²) < 4.78 is 14.2. The van der Waals surface area contributed by atoms with E-state index in [-0.39, 0.29) is 5.43 Å². The van der Waals surface area contributed by atoms with Gasteiger partial charge in [0.25, 0.3) is 0 Å². The van der Waals surface area contributed by atoms with Gasteiger partial charge in [0.1, 0.15) is 11.2 Å². The van der Waals surface area contributed by atoms with E-state index in [9.17, 15) is 4.79 Å². The number of nitrogens with one attached hydrogen (secondary N) is 2. The normalized spacial score (nSPS) is 16.1. The Labute approximate surface area is 241 Å². The van der Waals surface area contributed by atoms with Gasteiger partial charge in [-0.3, -0.25) is 4.79 Å². The van der Waals surface area contributed by atoms with Crippen molar-refractivity contribution in [1.82, 2.24) is 19.7 Å². The molecule has 6 heterocycles. The zero-order valence-electron chi connectivity index (χ0n) is 22.9. The van der Waals surface area contributed by atoms with E-state index in [0.717, 1.165) is 34.9 Å². The highest BCUT2D eigenvalue weighted by molar-refractivity contribution is 7.17. The van der Waals surface area contributed by atoms with Crippen LogP contribution in [0.15, 0.2) is 63.4 Å². The van der Waals surface area contributed by atoms with Gasteiger partial charge >= 0.3 is 0 Å². The van der Waals surface area contributed by atoms with Gasteiger partial charge < -0.3 is 24.3 Å². The van der Waals surface area contributed by atoms with Gasteiger partial charge in [-0.1, -0.05) is 12.1 Å². The molecule has 0 unspecified atom stereocenters. The van der Waals surface area contributed by atoms with Crippen LogP contribution in [0, 0.1) is 6.92 Å². The maximum absolute atomic E-state index is 12.8. The van der Waals surface area contributed by atoms with Crippen LogP contribution in [0.5, 0.6) is 0 Å². The Morgan fingerprint density at radius 3 is 2.71 bits per heavy atom. The predicted molar refractivity (Wildman–Crippen MR) is 160 cm³/mol. The standard InChI is InChI=1S/C30H31N7O3S/c1-20-22(17-35-10-2-3-11-35)18-37(34-20)26-8-9-31-30(33-26)32-23-6-4-21(5-7-23)24-19-41-29-25(38)16-27(40-28(24)29)36-12-14-39-15-13-36/h4-9,16,18-19H,2-3,10-15,17H2,1H3,(H,31,32,33)/p+1. The minimum Gasteiger partial charge on any atom is -0.439 e. The van der Waals surface area contributed by atoms with Crippen LogP contribution in [-0.2, 0) is 11.3 Å². The molecule has 2 aliphatic rings. The van der Waals surface area contributed by atoms with Crippen molar-refractivity contribution in [2.24, 2.45) is 0 Å². The van der Waals surface area contributed by atoms with E-state index in [1.54, 1.807) is 17.2 Å². The Kier molecular flexibility index (Phi) is 6.99. The second-order valence-electron chi connectivity index (χ2n) is 10.6. The van der Waals surface area contributed by atoms with E-state index >= 15 is 0 Å². The maximum Gasteiger partial charge on any atom is 0.229 e. The smallest absolute Gasteiger partial charge is 0.229 e. The number of quaternary nitrogens is 1. The van der Waals surface area contributed by atoms with Crippen LogP contribution >= 0.6 is 11.3 Å².